The SMILES string of the molecule is CCCCC/C=C\C/C=C\CCCCCCCCOC(C)(COCCCCCCCC)N1CCCC1. The molecule has 0 amide bonds. The van der Waals surface area contributed by atoms with Crippen molar-refractivity contribution >= 4 is 0 Å². The maximum Gasteiger partial charge on any atom is 0.142 e. The van der Waals surface area contributed by atoms with E-state index in [4.69, 9.17) is 9.47 Å². The summed E-state index contributed by atoms with van der Waals surface area (Å²) < 4.78 is 12.6. The number of likely N-dealkylation sites (tertiary alicyclic amines) is 1. The molecular formula is C33H63NO2. The molecule has 0 aromatic heterocycles. The van der Waals surface area contributed by atoms with Crippen LogP contribution in [0.1, 0.15) is 149 Å². The van der Waals surface area contributed by atoms with E-state index in [0.717, 1.165) is 32.7 Å². The Morgan fingerprint density at radius 2 is 1.11 bits per heavy atom. The smallest absolute Gasteiger partial charge is 0.142 e. The van der Waals surface area contributed by atoms with E-state index in [0.29, 0.717) is 6.61 Å². The standard InChI is InChI=1S/C33H63NO2/c1-4-6-8-10-12-13-14-15-16-17-18-19-20-21-23-27-31-36-33(3,34-28-24-25-29-34)32-35-30-26-22-11-9-7-5-2/h12-13,15-16H,4-11,14,17-32H2,1-3H3/b13-12-,16-15-. The van der Waals surface area contributed by atoms with Crippen molar-refractivity contribution in [3.8, 4) is 0 Å². The Labute approximate surface area is 226 Å². The van der Waals surface area contributed by atoms with Crippen LogP contribution in [-0.2, 0) is 9.47 Å². The van der Waals surface area contributed by atoms with Gasteiger partial charge in [-0.25, -0.2) is 0 Å². The highest BCUT2D eigenvalue weighted by molar-refractivity contribution is 4.92. The van der Waals surface area contributed by atoms with E-state index in [1.807, 2.05) is 0 Å². The van der Waals surface area contributed by atoms with Crippen LogP contribution in [-0.4, -0.2) is 43.5 Å². The first-order chi connectivity index (χ1) is 17.7. The van der Waals surface area contributed by atoms with Crippen LogP contribution >= 0.6 is 0 Å². The molecule has 1 aliphatic rings. The van der Waals surface area contributed by atoms with E-state index in [1.54, 1.807) is 0 Å². The third-order valence-corrected chi connectivity index (χ3v) is 7.55. The van der Waals surface area contributed by atoms with Crippen molar-refractivity contribution in [3.05, 3.63) is 24.3 Å². The molecule has 1 aliphatic heterocycles. The molecule has 0 N–H and O–H groups in total. The monoisotopic (exact) mass is 505 g/mol. The Hall–Kier alpha value is -0.640. The Balaban J connectivity index is 2.03. The lowest BCUT2D eigenvalue weighted by atomic mass is 10.1. The average molecular weight is 506 g/mol. The van der Waals surface area contributed by atoms with E-state index in [1.165, 1.54) is 122 Å². The van der Waals surface area contributed by atoms with Gasteiger partial charge in [0.2, 0.25) is 0 Å². The van der Waals surface area contributed by atoms with Crippen LogP contribution in [0.3, 0.4) is 0 Å². The summed E-state index contributed by atoms with van der Waals surface area (Å²) in [6.07, 6.45) is 35.3. The second-order valence-electron chi connectivity index (χ2n) is 11.1. The maximum absolute atomic E-state index is 6.48. The van der Waals surface area contributed by atoms with Gasteiger partial charge in [-0.15, -0.1) is 0 Å². The molecule has 0 aliphatic carbocycles. The normalized spacial score (nSPS) is 16.5. The number of hydrogen-bond acceptors (Lipinski definition) is 3. The van der Waals surface area contributed by atoms with Gasteiger partial charge >= 0.3 is 0 Å². The number of allylic oxidation sites excluding steroid dienone is 4. The highest BCUT2D eigenvalue weighted by atomic mass is 16.6. The largest absolute Gasteiger partial charge is 0.377 e. The van der Waals surface area contributed by atoms with Crippen LogP contribution in [0.15, 0.2) is 24.3 Å². The van der Waals surface area contributed by atoms with Crippen LogP contribution in [0.25, 0.3) is 0 Å². The molecule has 1 rings (SSSR count). The van der Waals surface area contributed by atoms with Crippen molar-refractivity contribution in [3.63, 3.8) is 0 Å². The summed E-state index contributed by atoms with van der Waals surface area (Å²) in [6, 6.07) is 0. The van der Waals surface area contributed by atoms with Gasteiger partial charge in [-0.2, -0.15) is 0 Å². The molecule has 0 aromatic rings. The summed E-state index contributed by atoms with van der Waals surface area (Å²) in [7, 11) is 0. The number of rotatable bonds is 26. The molecule has 212 valence electrons. The van der Waals surface area contributed by atoms with E-state index in [9.17, 15) is 0 Å². The summed E-state index contributed by atoms with van der Waals surface area (Å²) in [5, 5.41) is 0. The third-order valence-electron chi connectivity index (χ3n) is 7.55. The van der Waals surface area contributed by atoms with Crippen LogP contribution in [0.5, 0.6) is 0 Å². The van der Waals surface area contributed by atoms with E-state index < -0.39 is 0 Å². The molecule has 3 nitrogen and oxygen atoms in total. The average Bonchev–Trinajstić information content (AvgIpc) is 3.44. The van der Waals surface area contributed by atoms with Crippen LogP contribution < -0.4 is 0 Å². The first-order valence-corrected chi connectivity index (χ1v) is 16.0. The molecule has 0 spiro atoms. The highest BCUT2D eigenvalue weighted by Crippen LogP contribution is 2.24. The van der Waals surface area contributed by atoms with Gasteiger partial charge in [-0.1, -0.05) is 109 Å². The molecule has 3 heteroatoms. The lowest BCUT2D eigenvalue weighted by Crippen LogP contribution is -2.50. The summed E-state index contributed by atoms with van der Waals surface area (Å²) >= 11 is 0. The van der Waals surface area contributed by atoms with Gasteiger partial charge in [0.25, 0.3) is 0 Å². The van der Waals surface area contributed by atoms with E-state index in [2.05, 4.69) is 50.0 Å². The lowest BCUT2D eigenvalue weighted by molar-refractivity contribution is -0.173. The first kappa shape index (κ1) is 33.4. The van der Waals surface area contributed by atoms with E-state index >= 15 is 0 Å². The van der Waals surface area contributed by atoms with E-state index in [-0.39, 0.29) is 5.72 Å². The molecule has 36 heavy (non-hydrogen) atoms. The van der Waals surface area contributed by atoms with Crippen molar-refractivity contribution in [2.75, 3.05) is 32.9 Å². The molecule has 0 aromatic carbocycles. The molecule has 1 atom stereocenters. The van der Waals surface area contributed by atoms with Gasteiger partial charge in [-0.3, -0.25) is 4.90 Å². The molecule has 1 unspecified atom stereocenters. The fourth-order valence-corrected chi connectivity index (χ4v) is 5.04. The Morgan fingerprint density at radius 3 is 1.75 bits per heavy atom. The summed E-state index contributed by atoms with van der Waals surface area (Å²) in [6.45, 7) is 11.6. The quantitative estimate of drug-likeness (QED) is 0.0862. The topological polar surface area (TPSA) is 21.7 Å². The van der Waals surface area contributed by atoms with Crippen molar-refractivity contribution in [2.45, 2.75) is 155 Å². The zero-order valence-corrected chi connectivity index (χ0v) is 24.8. The van der Waals surface area contributed by atoms with Crippen LogP contribution in [0.2, 0.25) is 0 Å². The second-order valence-corrected chi connectivity index (χ2v) is 11.1. The first-order valence-electron chi connectivity index (χ1n) is 16.0. The van der Waals surface area contributed by atoms with Gasteiger partial charge in [-0.05, 0) is 64.7 Å². The molecule has 1 fully saturated rings. The predicted octanol–water partition coefficient (Wildman–Crippen LogP) is 10.0. The fraction of sp³-hybridized carbons (Fsp3) is 0.879. The number of unbranched alkanes of at least 4 members (excludes halogenated alkanes) is 14. The molecule has 0 saturated carbocycles. The van der Waals surface area contributed by atoms with Crippen molar-refractivity contribution in [1.82, 2.24) is 4.90 Å². The van der Waals surface area contributed by atoms with Gasteiger partial charge in [0.1, 0.15) is 5.72 Å². The van der Waals surface area contributed by atoms with Gasteiger partial charge in [0.05, 0.1) is 6.61 Å². The Morgan fingerprint density at radius 1 is 0.611 bits per heavy atom. The number of ether oxygens (including phenoxy) is 2. The molecule has 1 heterocycles. The summed E-state index contributed by atoms with van der Waals surface area (Å²) in [5.41, 5.74) is -0.240. The summed E-state index contributed by atoms with van der Waals surface area (Å²) in [5.74, 6) is 0. The third kappa shape index (κ3) is 18.6. The molecule has 1 saturated heterocycles. The molecule has 0 bridgehead atoms. The molecule has 0 radical (unpaired) electrons. The van der Waals surface area contributed by atoms with Crippen molar-refractivity contribution in [1.29, 1.82) is 0 Å². The lowest BCUT2D eigenvalue weighted by Gasteiger charge is -2.38. The second kappa shape index (κ2) is 24.7. The minimum absolute atomic E-state index is 0.240. The van der Waals surface area contributed by atoms with Gasteiger partial charge in [0.15, 0.2) is 0 Å². The highest BCUT2D eigenvalue weighted by Gasteiger charge is 2.34. The van der Waals surface area contributed by atoms with Gasteiger partial charge in [0, 0.05) is 26.3 Å². The van der Waals surface area contributed by atoms with Crippen molar-refractivity contribution in [2.24, 2.45) is 0 Å². The molecular weight excluding hydrogens is 442 g/mol. The minimum Gasteiger partial charge on any atom is -0.377 e. The van der Waals surface area contributed by atoms with Crippen LogP contribution in [0.4, 0.5) is 0 Å². The number of nitrogens with zero attached hydrogens (tertiary/aromatic N) is 1. The maximum atomic E-state index is 6.48. The number of hydrogen-bond donors (Lipinski definition) is 0. The van der Waals surface area contributed by atoms with Crippen molar-refractivity contribution < 1.29 is 9.47 Å². The van der Waals surface area contributed by atoms with Gasteiger partial charge < -0.3 is 9.47 Å². The minimum atomic E-state index is -0.240. The fourth-order valence-electron chi connectivity index (χ4n) is 5.04. The summed E-state index contributed by atoms with van der Waals surface area (Å²) in [4.78, 5) is 2.52. The Bertz CT molecular complexity index is 512. The Kier molecular flexibility index (Phi) is 22.9. The zero-order chi connectivity index (χ0) is 26.0. The van der Waals surface area contributed by atoms with Crippen LogP contribution in [0, 0.1) is 0 Å². The predicted molar refractivity (Wildman–Crippen MR) is 159 cm³/mol. The zero-order valence-electron chi connectivity index (χ0n) is 24.8.